The molecule has 0 spiro atoms. The zero-order chi connectivity index (χ0) is 12.3. The molecule has 0 radical (unpaired) electrons. The Hall–Kier alpha value is -0.610. The molecule has 1 aromatic heterocycles. The van der Waals surface area contributed by atoms with Gasteiger partial charge in [0.25, 0.3) is 0 Å². The number of hydrogen-bond acceptors (Lipinski definition) is 3. The van der Waals surface area contributed by atoms with Crippen LogP contribution in [0, 0.1) is 5.92 Å². The number of alkyl halides is 1. The minimum absolute atomic E-state index is 0.333. The van der Waals surface area contributed by atoms with E-state index in [2.05, 4.69) is 28.8 Å². The van der Waals surface area contributed by atoms with Gasteiger partial charge >= 0.3 is 0 Å². The van der Waals surface area contributed by atoms with Crippen LogP contribution in [0.1, 0.15) is 32.5 Å². The van der Waals surface area contributed by atoms with Gasteiger partial charge in [0.2, 0.25) is 0 Å². The fourth-order valence-electron chi connectivity index (χ4n) is 2.36. The number of nitrogens with zero attached hydrogens (tertiary/aromatic N) is 4. The summed E-state index contributed by atoms with van der Waals surface area (Å²) in [6.07, 6.45) is 3.82. The Morgan fingerprint density at radius 2 is 2.35 bits per heavy atom. The second-order valence-corrected chi connectivity index (χ2v) is 5.48. The summed E-state index contributed by atoms with van der Waals surface area (Å²) in [7, 11) is 0. The molecule has 2 atom stereocenters. The summed E-state index contributed by atoms with van der Waals surface area (Å²) >= 11 is 6.24. The van der Waals surface area contributed by atoms with Gasteiger partial charge in [0.15, 0.2) is 0 Å². The molecule has 1 fully saturated rings. The fraction of sp³-hybridized carbons (Fsp3) is 0.833. The van der Waals surface area contributed by atoms with Gasteiger partial charge < -0.3 is 0 Å². The van der Waals surface area contributed by atoms with Crippen LogP contribution in [-0.2, 0) is 13.1 Å². The number of piperidine rings is 1. The van der Waals surface area contributed by atoms with E-state index in [1.54, 1.807) is 6.33 Å². The molecule has 0 saturated carbocycles. The minimum atomic E-state index is 0.333. The number of likely N-dealkylation sites (tertiary alicyclic amines) is 1. The van der Waals surface area contributed by atoms with Crippen molar-refractivity contribution >= 4 is 11.6 Å². The summed E-state index contributed by atoms with van der Waals surface area (Å²) in [6.45, 7) is 8.36. The minimum Gasteiger partial charge on any atom is -0.296 e. The highest BCUT2D eigenvalue weighted by Crippen LogP contribution is 2.22. The topological polar surface area (TPSA) is 34.0 Å². The average Bonchev–Trinajstić information content (AvgIpc) is 2.72. The summed E-state index contributed by atoms with van der Waals surface area (Å²) in [6, 6.07) is 0. The summed E-state index contributed by atoms with van der Waals surface area (Å²) in [5, 5.41) is 4.59. The highest BCUT2D eigenvalue weighted by molar-refractivity contribution is 6.20. The molecule has 1 aliphatic rings. The van der Waals surface area contributed by atoms with Crippen LogP contribution >= 0.6 is 11.6 Å². The van der Waals surface area contributed by atoms with Crippen LogP contribution < -0.4 is 0 Å². The van der Waals surface area contributed by atoms with Crippen molar-refractivity contribution in [3.05, 3.63) is 12.2 Å². The maximum atomic E-state index is 6.24. The van der Waals surface area contributed by atoms with Gasteiger partial charge in [0.05, 0.1) is 6.54 Å². The van der Waals surface area contributed by atoms with Gasteiger partial charge in [-0.3, -0.25) is 4.90 Å². The van der Waals surface area contributed by atoms with Gasteiger partial charge in [0, 0.05) is 25.0 Å². The van der Waals surface area contributed by atoms with E-state index in [1.165, 1.54) is 0 Å². The molecular weight excluding hydrogens is 236 g/mol. The monoisotopic (exact) mass is 256 g/mol. The Bertz CT molecular complexity index is 352. The molecule has 1 saturated heterocycles. The molecule has 0 N–H and O–H groups in total. The summed E-state index contributed by atoms with van der Waals surface area (Å²) < 4.78 is 2.01. The third kappa shape index (κ3) is 3.19. The Kier molecular flexibility index (Phi) is 4.40. The number of hydrogen-bond donors (Lipinski definition) is 0. The van der Waals surface area contributed by atoms with E-state index in [4.69, 9.17) is 11.6 Å². The lowest BCUT2D eigenvalue weighted by Gasteiger charge is -2.33. The summed E-state index contributed by atoms with van der Waals surface area (Å²) in [4.78, 5) is 6.78. The van der Waals surface area contributed by atoms with Crippen LogP contribution in [0.25, 0.3) is 0 Å². The highest BCUT2D eigenvalue weighted by atomic mass is 35.5. The molecule has 2 heterocycles. The lowest BCUT2D eigenvalue weighted by molar-refractivity contribution is 0.173. The predicted molar refractivity (Wildman–Crippen MR) is 69.0 cm³/mol. The SMILES string of the molecule is CCCn1ncnc1CN1CCC(Cl)C(C)C1. The smallest absolute Gasteiger partial charge is 0.141 e. The van der Waals surface area contributed by atoms with E-state index in [0.717, 1.165) is 44.8 Å². The van der Waals surface area contributed by atoms with Crippen molar-refractivity contribution < 1.29 is 0 Å². The molecule has 17 heavy (non-hydrogen) atoms. The molecular formula is C12H21ClN4. The number of rotatable bonds is 4. The Labute approximate surface area is 108 Å². The van der Waals surface area contributed by atoms with Gasteiger partial charge in [-0.1, -0.05) is 13.8 Å². The standard InChI is InChI=1S/C12H21ClN4/c1-3-5-17-12(14-9-15-17)8-16-6-4-11(13)10(2)7-16/h9-11H,3-8H2,1-2H3. The van der Waals surface area contributed by atoms with Crippen molar-refractivity contribution in [2.75, 3.05) is 13.1 Å². The summed E-state index contributed by atoms with van der Waals surface area (Å²) in [5.74, 6) is 1.64. The molecule has 5 heteroatoms. The first kappa shape index (κ1) is 12.8. The van der Waals surface area contributed by atoms with E-state index in [-0.39, 0.29) is 0 Å². The first-order chi connectivity index (χ1) is 8.20. The Balaban J connectivity index is 1.94. The van der Waals surface area contributed by atoms with E-state index in [9.17, 15) is 0 Å². The lowest BCUT2D eigenvalue weighted by Crippen LogP contribution is -2.39. The molecule has 2 rings (SSSR count). The molecule has 1 aromatic rings. The molecule has 2 unspecified atom stereocenters. The van der Waals surface area contributed by atoms with Gasteiger partial charge in [0.1, 0.15) is 12.2 Å². The Morgan fingerprint density at radius 3 is 3.06 bits per heavy atom. The molecule has 1 aliphatic heterocycles. The normalized spacial score (nSPS) is 26.3. The number of aryl methyl sites for hydroxylation is 1. The molecule has 96 valence electrons. The van der Waals surface area contributed by atoms with Crippen LogP contribution in [0.4, 0.5) is 0 Å². The third-order valence-electron chi connectivity index (χ3n) is 3.38. The van der Waals surface area contributed by atoms with Crippen LogP contribution in [0.3, 0.4) is 0 Å². The van der Waals surface area contributed by atoms with Gasteiger partial charge in [-0.05, 0) is 18.8 Å². The highest BCUT2D eigenvalue weighted by Gasteiger charge is 2.25. The van der Waals surface area contributed by atoms with Crippen molar-refractivity contribution in [1.29, 1.82) is 0 Å². The molecule has 0 amide bonds. The first-order valence-electron chi connectivity index (χ1n) is 6.43. The van der Waals surface area contributed by atoms with Crippen molar-refractivity contribution in [3.63, 3.8) is 0 Å². The molecule has 4 nitrogen and oxygen atoms in total. The number of aromatic nitrogens is 3. The Morgan fingerprint density at radius 1 is 1.53 bits per heavy atom. The zero-order valence-electron chi connectivity index (χ0n) is 10.6. The van der Waals surface area contributed by atoms with Crippen LogP contribution in [0.5, 0.6) is 0 Å². The lowest BCUT2D eigenvalue weighted by atomic mass is 10.00. The first-order valence-corrected chi connectivity index (χ1v) is 6.87. The van der Waals surface area contributed by atoms with Crippen molar-refractivity contribution in [1.82, 2.24) is 19.7 Å². The van der Waals surface area contributed by atoms with E-state index in [0.29, 0.717) is 11.3 Å². The van der Waals surface area contributed by atoms with Crippen molar-refractivity contribution in [2.45, 2.75) is 45.2 Å². The van der Waals surface area contributed by atoms with Crippen molar-refractivity contribution in [3.8, 4) is 0 Å². The average molecular weight is 257 g/mol. The second-order valence-electron chi connectivity index (χ2n) is 4.92. The predicted octanol–water partition coefficient (Wildman–Crippen LogP) is 2.14. The van der Waals surface area contributed by atoms with Crippen LogP contribution in [-0.4, -0.2) is 38.1 Å². The molecule has 0 aliphatic carbocycles. The number of halogens is 1. The molecule has 0 bridgehead atoms. The van der Waals surface area contributed by atoms with Crippen LogP contribution in [0.2, 0.25) is 0 Å². The maximum absolute atomic E-state index is 6.24. The third-order valence-corrected chi connectivity index (χ3v) is 4.03. The van der Waals surface area contributed by atoms with Gasteiger partial charge in [-0.25, -0.2) is 9.67 Å². The second kappa shape index (κ2) is 5.83. The fourth-order valence-corrected chi connectivity index (χ4v) is 2.53. The van der Waals surface area contributed by atoms with Crippen molar-refractivity contribution in [2.24, 2.45) is 5.92 Å². The van der Waals surface area contributed by atoms with E-state index in [1.807, 2.05) is 4.68 Å². The molecule has 0 aromatic carbocycles. The quantitative estimate of drug-likeness (QED) is 0.774. The maximum Gasteiger partial charge on any atom is 0.141 e. The van der Waals surface area contributed by atoms with Crippen LogP contribution in [0.15, 0.2) is 6.33 Å². The van der Waals surface area contributed by atoms with Gasteiger partial charge in [-0.15, -0.1) is 11.6 Å². The van der Waals surface area contributed by atoms with E-state index < -0.39 is 0 Å². The van der Waals surface area contributed by atoms with E-state index >= 15 is 0 Å². The van der Waals surface area contributed by atoms with Gasteiger partial charge in [-0.2, -0.15) is 5.10 Å². The zero-order valence-corrected chi connectivity index (χ0v) is 11.4. The summed E-state index contributed by atoms with van der Waals surface area (Å²) in [5.41, 5.74) is 0. The largest absolute Gasteiger partial charge is 0.296 e.